The molecule has 5 nitrogen and oxygen atoms in total. The summed E-state index contributed by atoms with van der Waals surface area (Å²) in [5, 5.41) is 10.9. The standard InChI is InChI=1S/C29H28ClNO4/c30-24-14-8-7-13-21(24)18-35-25-17-22-15-16-23(25)27(29(33)34)31(22)28(32)26(19-9-3-1-4-10-19)20-11-5-2-6-12-20/h1-14,22-23,25-27H,15-18H2,(H,33,34)/t22-,23+,25?,27+/m0/s1. The van der Waals surface area contributed by atoms with Crippen molar-refractivity contribution in [3.63, 3.8) is 0 Å². The number of carbonyl (C=O) groups is 2. The third-order valence-corrected chi connectivity index (χ3v) is 7.71. The maximum atomic E-state index is 14.1. The second-order valence-electron chi connectivity index (χ2n) is 9.35. The van der Waals surface area contributed by atoms with Crippen molar-refractivity contribution < 1.29 is 19.4 Å². The molecule has 0 spiro atoms. The Hall–Kier alpha value is -3.15. The molecule has 1 N–H and O–H groups in total. The molecule has 0 aromatic heterocycles. The number of amides is 1. The van der Waals surface area contributed by atoms with Crippen LogP contribution < -0.4 is 0 Å². The zero-order valence-electron chi connectivity index (χ0n) is 19.3. The highest BCUT2D eigenvalue weighted by Gasteiger charge is 2.53. The van der Waals surface area contributed by atoms with Crippen LogP contribution in [0.3, 0.4) is 0 Å². The Morgan fingerprint density at radius 1 is 0.914 bits per heavy atom. The molecule has 3 fully saturated rings. The van der Waals surface area contributed by atoms with Crippen molar-refractivity contribution in [3.05, 3.63) is 107 Å². The fourth-order valence-corrected chi connectivity index (χ4v) is 5.91. The van der Waals surface area contributed by atoms with Crippen LogP contribution in [0.15, 0.2) is 84.9 Å². The zero-order valence-corrected chi connectivity index (χ0v) is 20.1. The summed E-state index contributed by atoms with van der Waals surface area (Å²) >= 11 is 6.29. The van der Waals surface area contributed by atoms with Crippen molar-refractivity contribution in [2.75, 3.05) is 0 Å². The fraction of sp³-hybridized carbons (Fsp3) is 0.310. The molecule has 2 aliphatic heterocycles. The van der Waals surface area contributed by atoms with E-state index < -0.39 is 17.9 Å². The molecule has 2 heterocycles. The predicted molar refractivity (Wildman–Crippen MR) is 134 cm³/mol. The van der Waals surface area contributed by atoms with Gasteiger partial charge >= 0.3 is 5.97 Å². The quantitative estimate of drug-likeness (QED) is 0.474. The number of carboxylic acid groups (broad SMARTS) is 1. The summed E-state index contributed by atoms with van der Waals surface area (Å²) in [5.41, 5.74) is 2.60. The van der Waals surface area contributed by atoms with Crippen molar-refractivity contribution in [1.82, 2.24) is 4.90 Å². The minimum absolute atomic E-state index is 0.158. The van der Waals surface area contributed by atoms with E-state index in [1.54, 1.807) is 4.90 Å². The number of hydrogen-bond acceptors (Lipinski definition) is 3. The largest absolute Gasteiger partial charge is 0.480 e. The van der Waals surface area contributed by atoms with E-state index in [1.807, 2.05) is 84.9 Å². The number of piperidine rings is 2. The molecule has 3 aromatic carbocycles. The number of nitrogens with zero attached hydrogens (tertiary/aromatic N) is 1. The van der Waals surface area contributed by atoms with Gasteiger partial charge in [0.2, 0.25) is 5.91 Å². The summed E-state index contributed by atoms with van der Waals surface area (Å²) in [7, 11) is 0. The van der Waals surface area contributed by atoms with Crippen LogP contribution in [0.2, 0.25) is 5.02 Å². The van der Waals surface area contributed by atoms with Crippen molar-refractivity contribution in [1.29, 1.82) is 0 Å². The molecule has 1 amide bonds. The molecular weight excluding hydrogens is 462 g/mol. The Bertz CT molecular complexity index is 1150. The molecule has 35 heavy (non-hydrogen) atoms. The minimum atomic E-state index is -0.973. The van der Waals surface area contributed by atoms with E-state index in [4.69, 9.17) is 16.3 Å². The molecule has 2 bridgehead atoms. The smallest absolute Gasteiger partial charge is 0.326 e. The van der Waals surface area contributed by atoms with Gasteiger partial charge in [-0.25, -0.2) is 4.79 Å². The van der Waals surface area contributed by atoms with Crippen LogP contribution >= 0.6 is 11.6 Å². The van der Waals surface area contributed by atoms with Gasteiger partial charge in [-0.3, -0.25) is 4.79 Å². The highest BCUT2D eigenvalue weighted by Crippen LogP contribution is 2.44. The molecule has 0 radical (unpaired) electrons. The van der Waals surface area contributed by atoms with Gasteiger partial charge in [0.05, 0.1) is 18.6 Å². The molecule has 4 atom stereocenters. The molecule has 1 saturated carbocycles. The number of ether oxygens (including phenoxy) is 1. The number of benzene rings is 3. The molecule has 1 aliphatic carbocycles. The summed E-state index contributed by atoms with van der Waals surface area (Å²) in [6, 6.07) is 25.6. The summed E-state index contributed by atoms with van der Waals surface area (Å²) in [6.07, 6.45) is 1.89. The fourth-order valence-electron chi connectivity index (χ4n) is 5.72. The number of carboxylic acids is 1. The predicted octanol–water partition coefficient (Wildman–Crippen LogP) is 5.52. The Morgan fingerprint density at radius 2 is 1.51 bits per heavy atom. The monoisotopic (exact) mass is 489 g/mol. The molecule has 1 unspecified atom stereocenters. The lowest BCUT2D eigenvalue weighted by atomic mass is 9.71. The lowest BCUT2D eigenvalue weighted by molar-refractivity contribution is -0.177. The number of aliphatic carboxylic acids is 1. The summed E-state index contributed by atoms with van der Waals surface area (Å²) in [6.45, 7) is 0.324. The van der Waals surface area contributed by atoms with Crippen LogP contribution in [-0.2, 0) is 20.9 Å². The average molecular weight is 490 g/mol. The van der Waals surface area contributed by atoms with Gasteiger partial charge in [0.1, 0.15) is 6.04 Å². The van der Waals surface area contributed by atoms with Gasteiger partial charge in [-0.15, -0.1) is 0 Å². The van der Waals surface area contributed by atoms with E-state index in [1.165, 1.54) is 0 Å². The number of fused-ring (bicyclic) bond motifs is 3. The van der Waals surface area contributed by atoms with Crippen LogP contribution in [0.25, 0.3) is 0 Å². The molecule has 2 saturated heterocycles. The van der Waals surface area contributed by atoms with Gasteiger partial charge in [0, 0.05) is 17.0 Å². The summed E-state index contributed by atoms with van der Waals surface area (Å²) < 4.78 is 6.24. The van der Waals surface area contributed by atoms with E-state index in [9.17, 15) is 14.7 Å². The second kappa shape index (κ2) is 10.2. The van der Waals surface area contributed by atoms with E-state index in [-0.39, 0.29) is 24.0 Å². The Morgan fingerprint density at radius 3 is 2.11 bits per heavy atom. The van der Waals surface area contributed by atoms with Gasteiger partial charge in [0.25, 0.3) is 0 Å². The normalized spacial score (nSPS) is 23.4. The first-order chi connectivity index (χ1) is 17.0. The van der Waals surface area contributed by atoms with Crippen molar-refractivity contribution in [3.8, 4) is 0 Å². The second-order valence-corrected chi connectivity index (χ2v) is 9.76. The SMILES string of the molecule is O=C(O)[C@H]1[C@@H]2CC[C@@H](CC2OCc2ccccc2Cl)N1C(=O)C(c1ccccc1)c1ccccc1. The zero-order chi connectivity index (χ0) is 24.4. The molecule has 3 aromatic rings. The maximum absolute atomic E-state index is 14.1. The van der Waals surface area contributed by atoms with Gasteiger partial charge in [-0.05, 0) is 42.0 Å². The molecular formula is C29H28ClNO4. The Kier molecular flexibility index (Phi) is 6.89. The number of hydrogen-bond donors (Lipinski definition) is 1. The number of halogens is 1. The molecule has 180 valence electrons. The molecule has 6 heteroatoms. The third-order valence-electron chi connectivity index (χ3n) is 7.34. The van der Waals surface area contributed by atoms with Crippen LogP contribution in [0, 0.1) is 5.92 Å². The highest BCUT2D eigenvalue weighted by atomic mass is 35.5. The minimum Gasteiger partial charge on any atom is -0.480 e. The van der Waals surface area contributed by atoms with E-state index in [0.717, 1.165) is 29.5 Å². The van der Waals surface area contributed by atoms with Crippen molar-refractivity contribution in [2.45, 2.75) is 50.0 Å². The van der Waals surface area contributed by atoms with E-state index in [0.29, 0.717) is 18.1 Å². The Balaban J connectivity index is 1.43. The van der Waals surface area contributed by atoms with Gasteiger partial charge < -0.3 is 14.7 Å². The van der Waals surface area contributed by atoms with Crippen LogP contribution in [-0.4, -0.2) is 40.1 Å². The van der Waals surface area contributed by atoms with Crippen LogP contribution in [0.5, 0.6) is 0 Å². The number of rotatable bonds is 7. The molecule has 3 aliphatic rings. The van der Waals surface area contributed by atoms with Gasteiger partial charge in [-0.2, -0.15) is 0 Å². The van der Waals surface area contributed by atoms with Crippen molar-refractivity contribution >= 4 is 23.5 Å². The first kappa shape index (κ1) is 23.6. The average Bonchev–Trinajstić information content (AvgIpc) is 2.89. The van der Waals surface area contributed by atoms with Gasteiger partial charge in [0.15, 0.2) is 0 Å². The maximum Gasteiger partial charge on any atom is 0.326 e. The van der Waals surface area contributed by atoms with Crippen LogP contribution in [0.4, 0.5) is 0 Å². The van der Waals surface area contributed by atoms with Crippen molar-refractivity contribution in [2.24, 2.45) is 5.92 Å². The van der Waals surface area contributed by atoms with Crippen LogP contribution in [0.1, 0.15) is 41.9 Å². The third kappa shape index (κ3) is 4.71. The first-order valence-electron chi connectivity index (χ1n) is 12.0. The summed E-state index contributed by atoms with van der Waals surface area (Å²) in [4.78, 5) is 28.3. The lowest BCUT2D eigenvalue weighted by Gasteiger charge is -2.53. The molecule has 6 rings (SSSR count). The Labute approximate surface area is 210 Å². The van der Waals surface area contributed by atoms with E-state index in [2.05, 4.69) is 0 Å². The topological polar surface area (TPSA) is 66.8 Å². The highest BCUT2D eigenvalue weighted by molar-refractivity contribution is 6.31. The number of carbonyl (C=O) groups excluding carboxylic acids is 1. The van der Waals surface area contributed by atoms with E-state index >= 15 is 0 Å². The van der Waals surface area contributed by atoms with Gasteiger partial charge in [-0.1, -0.05) is 90.5 Å². The summed E-state index contributed by atoms with van der Waals surface area (Å²) in [5.74, 6) is -1.95. The lowest BCUT2D eigenvalue weighted by Crippen LogP contribution is -2.65. The first-order valence-corrected chi connectivity index (χ1v) is 12.4.